The van der Waals surface area contributed by atoms with Gasteiger partial charge in [0.15, 0.2) is 0 Å². The van der Waals surface area contributed by atoms with Crippen LogP contribution in [0.4, 0.5) is 0 Å². The van der Waals surface area contributed by atoms with E-state index in [-0.39, 0.29) is 12.3 Å². The van der Waals surface area contributed by atoms with Crippen molar-refractivity contribution in [2.45, 2.75) is 32.1 Å². The predicted molar refractivity (Wildman–Crippen MR) is 109 cm³/mol. The summed E-state index contributed by atoms with van der Waals surface area (Å²) in [6, 6.07) is 18.2. The summed E-state index contributed by atoms with van der Waals surface area (Å²) in [5, 5.41) is 0.718. The van der Waals surface area contributed by atoms with Crippen LogP contribution in [0.1, 0.15) is 34.4 Å². The maximum Gasteiger partial charge on any atom is 0.221 e. The quantitative estimate of drug-likeness (QED) is 0.712. The summed E-state index contributed by atoms with van der Waals surface area (Å²) in [5.74, 6) is -0.305. The zero-order valence-electron chi connectivity index (χ0n) is 15.0. The first kappa shape index (κ1) is 17.7. The third-order valence-electron chi connectivity index (χ3n) is 5.03. The maximum atomic E-state index is 11.2. The Balaban J connectivity index is 1.71. The van der Waals surface area contributed by atoms with E-state index in [1.54, 1.807) is 0 Å². The van der Waals surface area contributed by atoms with E-state index in [9.17, 15) is 4.79 Å². The summed E-state index contributed by atoms with van der Waals surface area (Å²) >= 11 is 6.17. The number of benzene rings is 2. The molecule has 1 aromatic heterocycles. The van der Waals surface area contributed by atoms with Crippen LogP contribution in [0.15, 0.2) is 54.6 Å². The van der Waals surface area contributed by atoms with E-state index in [0.29, 0.717) is 0 Å². The van der Waals surface area contributed by atoms with Crippen LogP contribution in [0, 0.1) is 0 Å². The van der Waals surface area contributed by atoms with Gasteiger partial charge in [0.1, 0.15) is 0 Å². The highest BCUT2D eigenvalue weighted by Crippen LogP contribution is 2.31. The second kappa shape index (κ2) is 7.53. The molecule has 0 fully saturated rings. The molecule has 0 aliphatic heterocycles. The minimum Gasteiger partial charge on any atom is -0.369 e. The Hall–Kier alpha value is -2.65. The molecule has 0 atom stereocenters. The monoisotopic (exact) mass is 376 g/mol. The highest BCUT2D eigenvalue weighted by molar-refractivity contribution is 6.30. The lowest BCUT2D eigenvalue weighted by atomic mass is 9.96. The fourth-order valence-electron chi connectivity index (χ4n) is 3.85. The number of nitrogens with zero attached hydrogens (tertiary/aromatic N) is 1. The van der Waals surface area contributed by atoms with E-state index >= 15 is 0 Å². The molecule has 0 unspecified atom stereocenters. The van der Waals surface area contributed by atoms with Gasteiger partial charge in [0, 0.05) is 16.3 Å². The lowest BCUT2D eigenvalue weighted by Crippen LogP contribution is -2.13. The molecule has 2 aromatic carbocycles. The van der Waals surface area contributed by atoms with Crippen LogP contribution in [-0.4, -0.2) is 10.9 Å². The predicted octanol–water partition coefficient (Wildman–Crippen LogP) is 4.51. The Bertz CT molecular complexity index is 1010. The molecule has 0 saturated heterocycles. The first-order valence-corrected chi connectivity index (χ1v) is 9.60. The number of fused-ring (bicyclic) bond motifs is 1. The first-order valence-electron chi connectivity index (χ1n) is 9.22. The van der Waals surface area contributed by atoms with E-state index < -0.39 is 0 Å². The second-order valence-electron chi connectivity index (χ2n) is 7.10. The summed E-state index contributed by atoms with van der Waals surface area (Å²) in [7, 11) is 0. The smallest absolute Gasteiger partial charge is 0.221 e. The molecule has 0 bridgehead atoms. The van der Waals surface area contributed by atoms with Crippen LogP contribution in [0.5, 0.6) is 0 Å². The highest BCUT2D eigenvalue weighted by atomic mass is 35.5. The van der Waals surface area contributed by atoms with E-state index in [2.05, 4.69) is 18.2 Å². The topological polar surface area (TPSA) is 56.0 Å². The molecule has 3 aromatic rings. The summed E-state index contributed by atoms with van der Waals surface area (Å²) < 4.78 is 0. The second-order valence-corrected chi connectivity index (χ2v) is 7.53. The van der Waals surface area contributed by atoms with Crippen molar-refractivity contribution in [1.82, 2.24) is 4.98 Å². The minimum absolute atomic E-state index is 0.274. The minimum atomic E-state index is -0.305. The van der Waals surface area contributed by atoms with Crippen LogP contribution in [0.25, 0.3) is 11.3 Å². The van der Waals surface area contributed by atoms with Crippen molar-refractivity contribution in [2.24, 2.45) is 5.73 Å². The van der Waals surface area contributed by atoms with Gasteiger partial charge in [-0.25, -0.2) is 0 Å². The maximum absolute atomic E-state index is 11.2. The highest BCUT2D eigenvalue weighted by Gasteiger charge is 2.19. The number of hydrogen-bond donors (Lipinski definition) is 1. The molecule has 0 radical (unpaired) electrons. The lowest BCUT2D eigenvalue weighted by molar-refractivity contribution is -0.117. The lowest BCUT2D eigenvalue weighted by Gasteiger charge is -2.13. The van der Waals surface area contributed by atoms with Gasteiger partial charge in [0.2, 0.25) is 5.91 Å². The van der Waals surface area contributed by atoms with E-state index in [1.807, 2.05) is 36.4 Å². The van der Waals surface area contributed by atoms with Gasteiger partial charge in [-0.2, -0.15) is 0 Å². The van der Waals surface area contributed by atoms with Crippen molar-refractivity contribution in [2.75, 3.05) is 0 Å². The Morgan fingerprint density at radius 1 is 1.04 bits per heavy atom. The number of amides is 1. The van der Waals surface area contributed by atoms with E-state index in [4.69, 9.17) is 22.3 Å². The number of rotatable bonds is 5. The summed E-state index contributed by atoms with van der Waals surface area (Å²) in [5.41, 5.74) is 13.4. The average Bonchev–Trinajstić information content (AvgIpc) is 3.10. The zero-order chi connectivity index (χ0) is 18.8. The largest absolute Gasteiger partial charge is 0.369 e. The number of aromatic nitrogens is 1. The van der Waals surface area contributed by atoms with Crippen LogP contribution in [0.2, 0.25) is 5.02 Å². The number of halogens is 1. The Kier molecular flexibility index (Phi) is 4.95. The third-order valence-corrected chi connectivity index (χ3v) is 5.26. The molecule has 2 N–H and O–H groups in total. The van der Waals surface area contributed by atoms with Crippen molar-refractivity contribution >= 4 is 17.5 Å². The van der Waals surface area contributed by atoms with Gasteiger partial charge < -0.3 is 5.73 Å². The van der Waals surface area contributed by atoms with Gasteiger partial charge in [0.25, 0.3) is 0 Å². The molecule has 4 heteroatoms. The Labute approximate surface area is 164 Å². The normalized spacial score (nSPS) is 12.8. The van der Waals surface area contributed by atoms with Gasteiger partial charge in [-0.3, -0.25) is 9.78 Å². The van der Waals surface area contributed by atoms with Gasteiger partial charge >= 0.3 is 0 Å². The van der Waals surface area contributed by atoms with Crippen molar-refractivity contribution in [3.63, 3.8) is 0 Å². The molecule has 1 aliphatic carbocycles. The molecule has 0 saturated carbocycles. The first-order chi connectivity index (χ1) is 13.1. The summed E-state index contributed by atoms with van der Waals surface area (Å²) in [4.78, 5) is 16.1. The number of carbonyl (C=O) groups excluding carboxylic acids is 1. The van der Waals surface area contributed by atoms with Crippen molar-refractivity contribution in [3.8, 4) is 11.3 Å². The molecule has 27 heavy (non-hydrogen) atoms. The molecule has 1 amide bonds. The SMILES string of the molecule is NC(=O)Cc1cccc(Cc2cc(-c3cccc(Cl)c3)nc3c2CCC3)c1. The molecular weight excluding hydrogens is 356 g/mol. The van der Waals surface area contributed by atoms with Gasteiger partial charge in [-0.05, 0) is 66.1 Å². The van der Waals surface area contributed by atoms with Crippen LogP contribution in [-0.2, 0) is 30.5 Å². The van der Waals surface area contributed by atoms with Gasteiger partial charge in [-0.15, -0.1) is 0 Å². The number of primary amides is 1. The van der Waals surface area contributed by atoms with Crippen molar-refractivity contribution < 1.29 is 4.79 Å². The Morgan fingerprint density at radius 3 is 2.67 bits per heavy atom. The number of pyridine rings is 1. The number of hydrogen-bond acceptors (Lipinski definition) is 2. The third kappa shape index (κ3) is 4.04. The number of aryl methyl sites for hydroxylation is 1. The van der Waals surface area contributed by atoms with Crippen molar-refractivity contribution in [3.05, 3.63) is 87.6 Å². The standard InChI is InChI=1S/C23H21ClN2O/c24-19-7-2-6-17(13-19)22-14-18(20-8-3-9-21(20)26-22)11-15-4-1-5-16(10-15)12-23(25)27/h1-2,4-7,10,13-14H,3,8-9,11-12H2,(H2,25,27). The van der Waals surface area contributed by atoms with Gasteiger partial charge in [-0.1, -0.05) is 48.0 Å². The van der Waals surface area contributed by atoms with Crippen LogP contribution in [0.3, 0.4) is 0 Å². The summed E-state index contributed by atoms with van der Waals surface area (Å²) in [6.07, 6.45) is 4.35. The fraction of sp³-hybridized carbons (Fsp3) is 0.217. The molecule has 0 spiro atoms. The fourth-order valence-corrected chi connectivity index (χ4v) is 4.04. The average molecular weight is 377 g/mol. The number of carbonyl (C=O) groups is 1. The molecule has 4 rings (SSSR count). The summed E-state index contributed by atoms with van der Waals surface area (Å²) in [6.45, 7) is 0. The molecule has 1 aliphatic rings. The van der Waals surface area contributed by atoms with E-state index in [0.717, 1.165) is 47.5 Å². The molecular formula is C23H21ClN2O. The number of nitrogens with two attached hydrogens (primary N) is 1. The van der Waals surface area contributed by atoms with Gasteiger partial charge in [0.05, 0.1) is 12.1 Å². The molecule has 1 heterocycles. The Morgan fingerprint density at radius 2 is 1.85 bits per heavy atom. The van der Waals surface area contributed by atoms with E-state index in [1.165, 1.54) is 22.4 Å². The molecule has 3 nitrogen and oxygen atoms in total. The molecule has 136 valence electrons. The zero-order valence-corrected chi connectivity index (χ0v) is 15.8. The van der Waals surface area contributed by atoms with Crippen LogP contribution >= 0.6 is 11.6 Å². The van der Waals surface area contributed by atoms with Crippen LogP contribution < -0.4 is 5.73 Å². The van der Waals surface area contributed by atoms with Crippen molar-refractivity contribution in [1.29, 1.82) is 0 Å².